The highest BCUT2D eigenvalue weighted by Gasteiger charge is 2.29. The Morgan fingerprint density at radius 1 is 1.53 bits per heavy atom. The molecular weight excluding hydrogens is 252 g/mol. The Kier molecular flexibility index (Phi) is 4.33. The van der Waals surface area contributed by atoms with Crippen molar-refractivity contribution in [1.29, 1.82) is 0 Å². The fourth-order valence-electron chi connectivity index (χ4n) is 2.23. The topological polar surface area (TPSA) is 122 Å². The molecule has 8 heteroatoms. The van der Waals surface area contributed by atoms with Crippen molar-refractivity contribution in [3.63, 3.8) is 0 Å². The number of carbonyl (C=O) groups excluding carboxylic acids is 1. The molecule has 19 heavy (non-hydrogen) atoms. The van der Waals surface area contributed by atoms with Crippen molar-refractivity contribution >= 4 is 5.91 Å². The van der Waals surface area contributed by atoms with E-state index in [4.69, 9.17) is 5.11 Å². The first-order chi connectivity index (χ1) is 9.10. The molecule has 2 rings (SSSR count). The van der Waals surface area contributed by atoms with Gasteiger partial charge >= 0.3 is 5.69 Å². The third-order valence-electron chi connectivity index (χ3n) is 3.41. The number of aromatic nitrogens is 3. The Balaban J connectivity index is 1.84. The van der Waals surface area contributed by atoms with Crippen LogP contribution in [0.2, 0.25) is 0 Å². The smallest absolute Gasteiger partial charge is 0.340 e. The van der Waals surface area contributed by atoms with Crippen LogP contribution in [0.4, 0.5) is 0 Å². The third kappa shape index (κ3) is 3.42. The molecule has 0 saturated carbocycles. The third-order valence-corrected chi connectivity index (χ3v) is 3.41. The number of hydrogen-bond donors (Lipinski definition) is 4. The van der Waals surface area contributed by atoms with Crippen molar-refractivity contribution in [3.05, 3.63) is 16.3 Å². The van der Waals surface area contributed by atoms with Crippen molar-refractivity contribution in [3.8, 4) is 0 Å². The number of nitrogens with zero attached hydrogens (tertiary/aromatic N) is 2. The van der Waals surface area contributed by atoms with Crippen LogP contribution in [0.3, 0.4) is 0 Å². The minimum Gasteiger partial charge on any atom is -0.396 e. The van der Waals surface area contributed by atoms with E-state index >= 15 is 0 Å². The van der Waals surface area contributed by atoms with E-state index in [0.29, 0.717) is 31.8 Å². The van der Waals surface area contributed by atoms with Crippen LogP contribution >= 0.6 is 0 Å². The van der Waals surface area contributed by atoms with Gasteiger partial charge in [0.05, 0.1) is 12.7 Å². The molecule has 0 bridgehead atoms. The number of hydrogen-bond acceptors (Lipinski definition) is 5. The number of aliphatic hydroxyl groups excluding tert-OH is 2. The summed E-state index contributed by atoms with van der Waals surface area (Å²) in [5.74, 6) is 0.117. The number of aromatic amines is 2. The first-order valence-electron chi connectivity index (χ1n) is 6.30. The highest BCUT2D eigenvalue weighted by Crippen LogP contribution is 2.17. The number of nitrogens with one attached hydrogen (secondary N) is 2. The molecular formula is C11H18N4O4. The molecule has 2 heterocycles. The summed E-state index contributed by atoms with van der Waals surface area (Å²) >= 11 is 0. The number of piperidine rings is 1. The lowest BCUT2D eigenvalue weighted by Crippen LogP contribution is -2.47. The Labute approximate surface area is 109 Å². The van der Waals surface area contributed by atoms with Crippen LogP contribution in [0.25, 0.3) is 0 Å². The summed E-state index contributed by atoms with van der Waals surface area (Å²) in [6, 6.07) is 0. The van der Waals surface area contributed by atoms with Crippen LogP contribution in [0, 0.1) is 5.92 Å². The van der Waals surface area contributed by atoms with E-state index in [0.717, 1.165) is 0 Å². The number of rotatable bonds is 4. The van der Waals surface area contributed by atoms with E-state index in [1.165, 1.54) is 0 Å². The summed E-state index contributed by atoms with van der Waals surface area (Å²) in [4.78, 5) is 26.9. The normalized spacial score (nSPS) is 23.6. The van der Waals surface area contributed by atoms with Gasteiger partial charge in [0.2, 0.25) is 5.91 Å². The number of likely N-dealkylation sites (tertiary alicyclic amines) is 1. The average Bonchev–Trinajstić information content (AvgIpc) is 2.82. The zero-order valence-electron chi connectivity index (χ0n) is 10.5. The highest BCUT2D eigenvalue weighted by atomic mass is 16.3. The van der Waals surface area contributed by atoms with Crippen molar-refractivity contribution in [2.24, 2.45) is 5.92 Å². The predicted octanol–water partition coefficient (Wildman–Crippen LogP) is -1.77. The molecule has 8 nitrogen and oxygen atoms in total. The average molecular weight is 270 g/mol. The Bertz CT molecular complexity index is 483. The molecule has 1 amide bonds. The summed E-state index contributed by atoms with van der Waals surface area (Å²) in [6.07, 6.45) is 0.544. The van der Waals surface area contributed by atoms with Gasteiger partial charge in [-0.1, -0.05) is 0 Å². The van der Waals surface area contributed by atoms with Crippen molar-refractivity contribution < 1.29 is 15.0 Å². The minimum absolute atomic E-state index is 0.0609. The molecule has 2 atom stereocenters. The maximum absolute atomic E-state index is 12.0. The number of H-pyrrole nitrogens is 2. The first-order valence-corrected chi connectivity index (χ1v) is 6.30. The SMILES string of the molecule is O=C(CCc1n[nH]c(=O)[nH]1)N1CC[C@H](O)[C@H](CO)C1. The monoisotopic (exact) mass is 270 g/mol. The Morgan fingerprint density at radius 2 is 2.32 bits per heavy atom. The number of carbonyl (C=O) groups is 1. The largest absolute Gasteiger partial charge is 0.396 e. The van der Waals surface area contributed by atoms with Gasteiger partial charge < -0.3 is 15.1 Å². The van der Waals surface area contributed by atoms with Gasteiger partial charge in [-0.25, -0.2) is 9.89 Å². The summed E-state index contributed by atoms with van der Waals surface area (Å²) in [6.45, 7) is 0.735. The molecule has 0 unspecified atom stereocenters. The summed E-state index contributed by atoms with van der Waals surface area (Å²) in [7, 11) is 0. The lowest BCUT2D eigenvalue weighted by atomic mass is 9.95. The lowest BCUT2D eigenvalue weighted by Gasteiger charge is -2.35. The number of amides is 1. The van der Waals surface area contributed by atoms with E-state index in [2.05, 4.69) is 15.2 Å². The summed E-state index contributed by atoms with van der Waals surface area (Å²) in [5.41, 5.74) is -0.385. The zero-order chi connectivity index (χ0) is 13.8. The second kappa shape index (κ2) is 5.98. The fraction of sp³-hybridized carbons (Fsp3) is 0.727. The minimum atomic E-state index is -0.545. The number of aryl methyl sites for hydroxylation is 1. The van der Waals surface area contributed by atoms with E-state index in [-0.39, 0.29) is 30.5 Å². The van der Waals surface area contributed by atoms with Crippen LogP contribution in [-0.4, -0.2) is 62.0 Å². The molecule has 1 fully saturated rings. The van der Waals surface area contributed by atoms with Crippen LogP contribution in [0.15, 0.2) is 4.79 Å². The quantitative estimate of drug-likeness (QED) is 0.516. The van der Waals surface area contributed by atoms with Crippen LogP contribution in [-0.2, 0) is 11.2 Å². The zero-order valence-corrected chi connectivity index (χ0v) is 10.5. The van der Waals surface area contributed by atoms with Gasteiger partial charge in [-0.05, 0) is 6.42 Å². The molecule has 4 N–H and O–H groups in total. The van der Waals surface area contributed by atoms with E-state index < -0.39 is 6.10 Å². The molecule has 0 spiro atoms. The summed E-state index contributed by atoms with van der Waals surface area (Å²) < 4.78 is 0. The first kappa shape index (κ1) is 13.8. The highest BCUT2D eigenvalue weighted by molar-refractivity contribution is 5.76. The molecule has 1 aromatic rings. The molecule has 106 valence electrons. The molecule has 1 aliphatic rings. The second-order valence-electron chi connectivity index (χ2n) is 4.76. The molecule has 1 aliphatic heterocycles. The van der Waals surface area contributed by atoms with Gasteiger partial charge in [-0.2, -0.15) is 5.10 Å². The fourth-order valence-corrected chi connectivity index (χ4v) is 2.23. The Morgan fingerprint density at radius 3 is 2.95 bits per heavy atom. The predicted molar refractivity (Wildman–Crippen MR) is 65.3 cm³/mol. The van der Waals surface area contributed by atoms with Gasteiger partial charge in [-0.15, -0.1) is 0 Å². The number of aliphatic hydroxyl groups is 2. The summed E-state index contributed by atoms with van der Waals surface area (Å²) in [5, 5.41) is 24.7. The molecule has 0 radical (unpaired) electrons. The second-order valence-corrected chi connectivity index (χ2v) is 4.76. The molecule has 0 aromatic carbocycles. The van der Waals surface area contributed by atoms with E-state index in [1.54, 1.807) is 4.90 Å². The van der Waals surface area contributed by atoms with E-state index in [1.807, 2.05) is 0 Å². The standard InChI is InChI=1S/C11H18N4O4/c16-6-7-5-15(4-3-8(7)17)10(18)2-1-9-12-11(19)14-13-9/h7-8,16-17H,1-6H2,(H2,12,13,14,19)/t7-,8-/m0/s1. The van der Waals surface area contributed by atoms with Gasteiger partial charge in [0.25, 0.3) is 0 Å². The maximum atomic E-state index is 12.0. The van der Waals surface area contributed by atoms with Crippen LogP contribution in [0.1, 0.15) is 18.7 Å². The van der Waals surface area contributed by atoms with Gasteiger partial charge in [0, 0.05) is 31.8 Å². The van der Waals surface area contributed by atoms with Gasteiger partial charge in [-0.3, -0.25) is 9.78 Å². The molecule has 1 aromatic heterocycles. The van der Waals surface area contributed by atoms with Crippen LogP contribution in [0.5, 0.6) is 0 Å². The Hall–Kier alpha value is -1.67. The van der Waals surface area contributed by atoms with E-state index in [9.17, 15) is 14.7 Å². The molecule has 1 saturated heterocycles. The van der Waals surface area contributed by atoms with Crippen molar-refractivity contribution in [1.82, 2.24) is 20.1 Å². The molecule has 0 aliphatic carbocycles. The van der Waals surface area contributed by atoms with Gasteiger partial charge in [0.15, 0.2) is 0 Å². The van der Waals surface area contributed by atoms with Crippen LogP contribution < -0.4 is 5.69 Å². The van der Waals surface area contributed by atoms with Crippen molar-refractivity contribution in [2.45, 2.75) is 25.4 Å². The van der Waals surface area contributed by atoms with Gasteiger partial charge in [0.1, 0.15) is 5.82 Å². The van der Waals surface area contributed by atoms with Crippen molar-refractivity contribution in [2.75, 3.05) is 19.7 Å². The maximum Gasteiger partial charge on any atom is 0.340 e. The lowest BCUT2D eigenvalue weighted by molar-refractivity contribution is -0.135.